The first-order valence-electron chi connectivity index (χ1n) is 4.62. The van der Waals surface area contributed by atoms with E-state index in [2.05, 4.69) is 5.92 Å². The smallest absolute Gasteiger partial charge is 0.326 e. The molecule has 3 heteroatoms. The van der Waals surface area contributed by atoms with Gasteiger partial charge in [-0.05, 0) is 26.7 Å². The summed E-state index contributed by atoms with van der Waals surface area (Å²) in [7, 11) is 0. The minimum absolute atomic E-state index is 0.297. The average Bonchev–Trinajstić information content (AvgIpc) is 2.18. The van der Waals surface area contributed by atoms with Crippen LogP contribution in [0.2, 0.25) is 0 Å². The van der Waals surface area contributed by atoms with E-state index in [4.69, 9.17) is 16.4 Å². The fraction of sp³-hybridized carbons (Fsp3) is 0.636. The Hall–Kier alpha value is -1.48. The Kier molecular flexibility index (Phi) is 5.41. The SMILES string of the molecule is C#CCCCC(C)(C#N)C(=O)OCC. The van der Waals surface area contributed by atoms with E-state index < -0.39 is 11.4 Å². The first-order valence-corrected chi connectivity index (χ1v) is 4.62. The summed E-state index contributed by atoms with van der Waals surface area (Å²) in [4.78, 5) is 11.4. The Bertz CT molecular complexity index is 272. The molecular formula is C11H15NO2. The lowest BCUT2D eigenvalue weighted by Crippen LogP contribution is -2.28. The van der Waals surface area contributed by atoms with Crippen molar-refractivity contribution in [2.75, 3.05) is 6.61 Å². The van der Waals surface area contributed by atoms with Crippen LogP contribution in [0.25, 0.3) is 0 Å². The Balaban J connectivity index is 4.27. The van der Waals surface area contributed by atoms with Crippen molar-refractivity contribution in [2.45, 2.75) is 33.1 Å². The van der Waals surface area contributed by atoms with Gasteiger partial charge in [0.25, 0.3) is 0 Å². The Morgan fingerprint density at radius 2 is 2.29 bits per heavy atom. The molecule has 0 spiro atoms. The monoisotopic (exact) mass is 193 g/mol. The van der Waals surface area contributed by atoms with Gasteiger partial charge in [-0.1, -0.05) is 0 Å². The van der Waals surface area contributed by atoms with Crippen LogP contribution in [0, 0.1) is 29.1 Å². The summed E-state index contributed by atoms with van der Waals surface area (Å²) < 4.78 is 4.82. The molecule has 0 amide bonds. The van der Waals surface area contributed by atoms with Crippen molar-refractivity contribution < 1.29 is 9.53 Å². The summed E-state index contributed by atoms with van der Waals surface area (Å²) in [5.74, 6) is 2.01. The highest BCUT2D eigenvalue weighted by Gasteiger charge is 2.34. The standard InChI is InChI=1S/C11H15NO2/c1-4-6-7-8-11(3,9-12)10(13)14-5-2/h1H,5-8H2,2-3H3. The maximum Gasteiger partial charge on any atom is 0.326 e. The molecule has 0 aromatic heterocycles. The van der Waals surface area contributed by atoms with Crippen molar-refractivity contribution >= 4 is 5.97 Å². The van der Waals surface area contributed by atoms with Gasteiger partial charge >= 0.3 is 5.97 Å². The molecule has 1 unspecified atom stereocenters. The molecule has 0 aliphatic rings. The number of nitrogens with zero attached hydrogens (tertiary/aromatic N) is 1. The number of rotatable bonds is 5. The van der Waals surface area contributed by atoms with Gasteiger partial charge in [0.2, 0.25) is 0 Å². The molecule has 0 aromatic carbocycles. The fourth-order valence-corrected chi connectivity index (χ4v) is 1.04. The number of unbranched alkanes of at least 4 members (excludes halogenated alkanes) is 1. The van der Waals surface area contributed by atoms with Gasteiger partial charge < -0.3 is 4.74 Å². The highest BCUT2D eigenvalue weighted by atomic mass is 16.5. The van der Waals surface area contributed by atoms with Crippen LogP contribution in [0.5, 0.6) is 0 Å². The molecule has 0 radical (unpaired) electrons. The van der Waals surface area contributed by atoms with Gasteiger partial charge in [-0.3, -0.25) is 4.79 Å². The third kappa shape index (κ3) is 3.49. The fourth-order valence-electron chi connectivity index (χ4n) is 1.04. The van der Waals surface area contributed by atoms with Gasteiger partial charge in [-0.25, -0.2) is 0 Å². The second-order valence-corrected chi connectivity index (χ2v) is 3.22. The molecule has 0 aromatic rings. The molecule has 0 fully saturated rings. The molecule has 0 aliphatic heterocycles. The molecule has 0 rings (SSSR count). The molecule has 0 N–H and O–H groups in total. The zero-order valence-corrected chi connectivity index (χ0v) is 8.67. The predicted molar refractivity (Wildman–Crippen MR) is 53.0 cm³/mol. The molecule has 1 atom stereocenters. The van der Waals surface area contributed by atoms with Crippen LogP contribution in [0.4, 0.5) is 0 Å². The first-order chi connectivity index (χ1) is 6.60. The zero-order valence-electron chi connectivity index (χ0n) is 8.67. The van der Waals surface area contributed by atoms with Crippen molar-refractivity contribution in [3.8, 4) is 18.4 Å². The van der Waals surface area contributed by atoms with E-state index in [-0.39, 0.29) is 0 Å². The third-order valence-corrected chi connectivity index (χ3v) is 1.97. The molecule has 0 saturated carbocycles. The van der Waals surface area contributed by atoms with Gasteiger partial charge in [-0.15, -0.1) is 12.3 Å². The van der Waals surface area contributed by atoms with E-state index >= 15 is 0 Å². The zero-order chi connectivity index (χ0) is 11.0. The summed E-state index contributed by atoms with van der Waals surface area (Å²) in [6, 6.07) is 1.98. The van der Waals surface area contributed by atoms with Crippen LogP contribution in [-0.4, -0.2) is 12.6 Å². The van der Waals surface area contributed by atoms with Crippen LogP contribution in [0.1, 0.15) is 33.1 Å². The highest BCUT2D eigenvalue weighted by Crippen LogP contribution is 2.24. The molecular weight excluding hydrogens is 178 g/mol. The van der Waals surface area contributed by atoms with E-state index in [1.54, 1.807) is 13.8 Å². The Morgan fingerprint density at radius 3 is 2.71 bits per heavy atom. The molecule has 76 valence electrons. The first kappa shape index (κ1) is 12.5. The van der Waals surface area contributed by atoms with Gasteiger partial charge in [0.15, 0.2) is 5.41 Å². The second-order valence-electron chi connectivity index (χ2n) is 3.22. The number of esters is 1. The molecule has 0 heterocycles. The molecule has 0 aliphatic carbocycles. The van der Waals surface area contributed by atoms with Crippen LogP contribution >= 0.6 is 0 Å². The molecule has 3 nitrogen and oxygen atoms in total. The summed E-state index contributed by atoms with van der Waals surface area (Å²) >= 11 is 0. The lowest BCUT2D eigenvalue weighted by Gasteiger charge is -2.18. The van der Waals surface area contributed by atoms with Crippen LogP contribution in [0.3, 0.4) is 0 Å². The lowest BCUT2D eigenvalue weighted by atomic mass is 9.86. The number of carbonyl (C=O) groups is 1. The van der Waals surface area contributed by atoms with Crippen molar-refractivity contribution in [3.05, 3.63) is 0 Å². The van der Waals surface area contributed by atoms with Crippen LogP contribution in [0.15, 0.2) is 0 Å². The van der Waals surface area contributed by atoms with Gasteiger partial charge in [0.1, 0.15) is 0 Å². The second kappa shape index (κ2) is 6.05. The van der Waals surface area contributed by atoms with Crippen molar-refractivity contribution in [3.63, 3.8) is 0 Å². The summed E-state index contributed by atoms with van der Waals surface area (Å²) in [5.41, 5.74) is -1.05. The topological polar surface area (TPSA) is 50.1 Å². The largest absolute Gasteiger partial charge is 0.465 e. The quantitative estimate of drug-likeness (QED) is 0.380. The summed E-state index contributed by atoms with van der Waals surface area (Å²) in [5, 5.41) is 8.88. The average molecular weight is 193 g/mol. The van der Waals surface area contributed by atoms with Gasteiger partial charge in [0, 0.05) is 6.42 Å². The number of terminal acetylenes is 1. The van der Waals surface area contributed by atoms with Gasteiger partial charge in [0.05, 0.1) is 12.7 Å². The van der Waals surface area contributed by atoms with E-state index in [9.17, 15) is 4.79 Å². The highest BCUT2D eigenvalue weighted by molar-refractivity contribution is 5.79. The van der Waals surface area contributed by atoms with Crippen molar-refractivity contribution in [1.82, 2.24) is 0 Å². The van der Waals surface area contributed by atoms with E-state index in [1.807, 2.05) is 6.07 Å². The molecule has 14 heavy (non-hydrogen) atoms. The number of carbonyl (C=O) groups excluding carboxylic acids is 1. The number of hydrogen-bond acceptors (Lipinski definition) is 3. The molecule has 0 saturated heterocycles. The minimum atomic E-state index is -1.05. The maximum absolute atomic E-state index is 11.4. The third-order valence-electron chi connectivity index (χ3n) is 1.97. The lowest BCUT2D eigenvalue weighted by molar-refractivity contribution is -0.151. The van der Waals surface area contributed by atoms with Crippen molar-refractivity contribution in [2.24, 2.45) is 5.41 Å². The maximum atomic E-state index is 11.4. The summed E-state index contributed by atoms with van der Waals surface area (Å²) in [6.45, 7) is 3.60. The predicted octanol–water partition coefficient (Wildman–Crippen LogP) is 1.88. The number of hydrogen-bond donors (Lipinski definition) is 0. The Morgan fingerprint density at radius 1 is 1.64 bits per heavy atom. The molecule has 0 bridgehead atoms. The van der Waals surface area contributed by atoms with Gasteiger partial charge in [-0.2, -0.15) is 5.26 Å². The Labute approximate surface area is 85.1 Å². The number of ether oxygens (including phenoxy) is 1. The van der Waals surface area contributed by atoms with E-state index in [1.165, 1.54) is 0 Å². The number of nitriles is 1. The van der Waals surface area contributed by atoms with Crippen LogP contribution < -0.4 is 0 Å². The minimum Gasteiger partial charge on any atom is -0.465 e. The van der Waals surface area contributed by atoms with E-state index in [0.29, 0.717) is 25.9 Å². The van der Waals surface area contributed by atoms with Crippen LogP contribution in [-0.2, 0) is 9.53 Å². The van der Waals surface area contributed by atoms with Crippen molar-refractivity contribution in [1.29, 1.82) is 5.26 Å². The summed E-state index contributed by atoms with van der Waals surface area (Å²) in [6.07, 6.45) is 6.78. The normalized spacial score (nSPS) is 13.4. The van der Waals surface area contributed by atoms with E-state index in [0.717, 1.165) is 0 Å².